The third-order valence-corrected chi connectivity index (χ3v) is 4.88. The lowest BCUT2D eigenvalue weighted by Gasteiger charge is -2.24. The molecule has 0 radical (unpaired) electrons. The number of benzene rings is 2. The molecule has 1 atom stereocenters. The van der Waals surface area contributed by atoms with Crippen molar-refractivity contribution >= 4 is 17.7 Å². The summed E-state index contributed by atoms with van der Waals surface area (Å²) in [5.41, 5.74) is 1.55. The van der Waals surface area contributed by atoms with Gasteiger partial charge in [-0.05, 0) is 35.9 Å². The van der Waals surface area contributed by atoms with Crippen molar-refractivity contribution in [2.45, 2.75) is 5.37 Å². The van der Waals surface area contributed by atoms with Crippen LogP contribution in [0.2, 0.25) is 0 Å². The second-order valence-electron chi connectivity index (χ2n) is 5.01. The van der Waals surface area contributed by atoms with Crippen LogP contribution in [0, 0.1) is 5.82 Å². The molecule has 114 valence electrons. The Morgan fingerprint density at radius 2 is 2.05 bits per heavy atom. The summed E-state index contributed by atoms with van der Waals surface area (Å²) in [6, 6.07) is 13.5. The van der Waals surface area contributed by atoms with Crippen LogP contribution in [0.4, 0.5) is 4.39 Å². The van der Waals surface area contributed by atoms with E-state index in [0.717, 1.165) is 11.3 Å². The zero-order valence-corrected chi connectivity index (χ0v) is 13.0. The van der Waals surface area contributed by atoms with E-state index in [1.54, 1.807) is 43.1 Å². The summed E-state index contributed by atoms with van der Waals surface area (Å²) in [6.45, 7) is 0.683. The van der Waals surface area contributed by atoms with Gasteiger partial charge in [-0.1, -0.05) is 18.2 Å². The molecule has 1 amide bonds. The van der Waals surface area contributed by atoms with Crippen LogP contribution in [-0.2, 0) is 0 Å². The van der Waals surface area contributed by atoms with E-state index < -0.39 is 0 Å². The van der Waals surface area contributed by atoms with E-state index in [-0.39, 0.29) is 17.1 Å². The van der Waals surface area contributed by atoms with Crippen molar-refractivity contribution in [1.82, 2.24) is 4.90 Å². The molecule has 0 bridgehead atoms. The second kappa shape index (κ2) is 6.40. The van der Waals surface area contributed by atoms with Crippen molar-refractivity contribution in [2.75, 3.05) is 19.4 Å². The van der Waals surface area contributed by atoms with Gasteiger partial charge in [0.05, 0.1) is 7.11 Å². The summed E-state index contributed by atoms with van der Waals surface area (Å²) in [5, 5.41) is -0.0701. The Kier molecular flexibility index (Phi) is 4.34. The average Bonchev–Trinajstić information content (AvgIpc) is 3.04. The third-order valence-electron chi connectivity index (χ3n) is 3.62. The molecule has 1 aliphatic rings. The first-order chi connectivity index (χ1) is 10.7. The van der Waals surface area contributed by atoms with Crippen LogP contribution >= 0.6 is 11.8 Å². The maximum absolute atomic E-state index is 13.1. The largest absolute Gasteiger partial charge is 0.497 e. The molecule has 2 aromatic carbocycles. The highest BCUT2D eigenvalue weighted by molar-refractivity contribution is 7.99. The van der Waals surface area contributed by atoms with E-state index in [9.17, 15) is 9.18 Å². The Hall–Kier alpha value is -2.01. The molecule has 2 aromatic rings. The predicted octanol–water partition coefficient (Wildman–Crippen LogP) is 3.72. The molecule has 0 N–H and O–H groups in total. The van der Waals surface area contributed by atoms with E-state index in [2.05, 4.69) is 0 Å². The Labute approximate surface area is 133 Å². The maximum atomic E-state index is 13.1. The minimum Gasteiger partial charge on any atom is -0.497 e. The number of rotatable bonds is 3. The van der Waals surface area contributed by atoms with Crippen LogP contribution in [0.1, 0.15) is 21.3 Å². The van der Waals surface area contributed by atoms with Gasteiger partial charge in [-0.25, -0.2) is 4.39 Å². The highest BCUT2D eigenvalue weighted by Crippen LogP contribution is 2.38. The van der Waals surface area contributed by atoms with Crippen molar-refractivity contribution in [1.29, 1.82) is 0 Å². The first-order valence-corrected chi connectivity index (χ1v) is 8.06. The van der Waals surface area contributed by atoms with E-state index in [1.165, 1.54) is 12.1 Å². The zero-order valence-electron chi connectivity index (χ0n) is 12.2. The van der Waals surface area contributed by atoms with E-state index in [0.29, 0.717) is 17.9 Å². The number of thioether (sulfide) groups is 1. The van der Waals surface area contributed by atoms with Gasteiger partial charge in [-0.3, -0.25) is 4.79 Å². The van der Waals surface area contributed by atoms with Crippen molar-refractivity contribution in [3.63, 3.8) is 0 Å². The topological polar surface area (TPSA) is 29.5 Å². The number of carbonyl (C=O) groups excluding carboxylic acids is 1. The minimum absolute atomic E-state index is 0.0294. The molecule has 0 aliphatic carbocycles. The summed E-state index contributed by atoms with van der Waals surface area (Å²) in [6.07, 6.45) is 0. The summed E-state index contributed by atoms with van der Waals surface area (Å²) in [5.74, 6) is 1.24. The highest BCUT2D eigenvalue weighted by Gasteiger charge is 2.31. The fraction of sp³-hybridized carbons (Fsp3) is 0.235. The molecule has 1 fully saturated rings. The van der Waals surface area contributed by atoms with Crippen molar-refractivity contribution < 1.29 is 13.9 Å². The van der Waals surface area contributed by atoms with Crippen LogP contribution in [0.5, 0.6) is 5.75 Å². The van der Waals surface area contributed by atoms with Crippen LogP contribution in [0.15, 0.2) is 48.5 Å². The zero-order chi connectivity index (χ0) is 15.5. The molecule has 3 nitrogen and oxygen atoms in total. The first-order valence-electron chi connectivity index (χ1n) is 7.01. The molecule has 3 rings (SSSR count). The van der Waals surface area contributed by atoms with Gasteiger partial charge in [0.1, 0.15) is 16.9 Å². The van der Waals surface area contributed by atoms with Gasteiger partial charge in [-0.15, -0.1) is 11.8 Å². The van der Waals surface area contributed by atoms with Crippen LogP contribution < -0.4 is 4.74 Å². The lowest BCUT2D eigenvalue weighted by Crippen LogP contribution is -2.30. The number of nitrogens with zero attached hydrogens (tertiary/aromatic N) is 1. The Morgan fingerprint density at radius 3 is 2.77 bits per heavy atom. The predicted molar refractivity (Wildman–Crippen MR) is 85.6 cm³/mol. The first kappa shape index (κ1) is 14.9. The molecular weight excluding hydrogens is 301 g/mol. The summed E-state index contributed by atoms with van der Waals surface area (Å²) in [4.78, 5) is 14.6. The van der Waals surface area contributed by atoms with Gasteiger partial charge >= 0.3 is 0 Å². The molecule has 0 aromatic heterocycles. The number of methoxy groups -OCH3 is 1. The molecule has 1 saturated heterocycles. The van der Waals surface area contributed by atoms with Crippen molar-refractivity contribution in [3.8, 4) is 5.75 Å². The summed E-state index contributed by atoms with van der Waals surface area (Å²) >= 11 is 1.69. The van der Waals surface area contributed by atoms with E-state index in [4.69, 9.17) is 4.74 Å². The molecule has 0 spiro atoms. The number of ether oxygens (including phenoxy) is 1. The monoisotopic (exact) mass is 317 g/mol. The second-order valence-corrected chi connectivity index (χ2v) is 6.19. The van der Waals surface area contributed by atoms with Gasteiger partial charge < -0.3 is 9.64 Å². The standard InChI is InChI=1S/C17H16FNO2S/c1-21-15-4-2-3-13(11-15)16(20)19-9-10-22-17(19)12-5-7-14(18)8-6-12/h2-8,11,17H,9-10H2,1H3. The fourth-order valence-electron chi connectivity index (χ4n) is 2.50. The molecule has 1 heterocycles. The highest BCUT2D eigenvalue weighted by atomic mass is 32.2. The molecule has 1 unspecified atom stereocenters. The average molecular weight is 317 g/mol. The minimum atomic E-state index is -0.266. The quantitative estimate of drug-likeness (QED) is 0.864. The van der Waals surface area contributed by atoms with Gasteiger partial charge in [0.15, 0.2) is 0 Å². The molecule has 22 heavy (non-hydrogen) atoms. The van der Waals surface area contributed by atoms with E-state index in [1.807, 2.05) is 17.0 Å². The number of hydrogen-bond donors (Lipinski definition) is 0. The van der Waals surface area contributed by atoms with Gasteiger partial charge in [0, 0.05) is 17.9 Å². The normalized spacial score (nSPS) is 17.5. The van der Waals surface area contributed by atoms with Gasteiger partial charge in [0.2, 0.25) is 0 Å². The van der Waals surface area contributed by atoms with E-state index >= 15 is 0 Å². The number of carbonyl (C=O) groups is 1. The molecule has 0 saturated carbocycles. The van der Waals surface area contributed by atoms with Crippen LogP contribution in [-0.4, -0.2) is 30.2 Å². The maximum Gasteiger partial charge on any atom is 0.255 e. The number of amides is 1. The van der Waals surface area contributed by atoms with Gasteiger partial charge in [0.25, 0.3) is 5.91 Å². The summed E-state index contributed by atoms with van der Waals surface area (Å²) < 4.78 is 18.3. The number of halogens is 1. The lowest BCUT2D eigenvalue weighted by molar-refractivity contribution is 0.0760. The number of hydrogen-bond acceptors (Lipinski definition) is 3. The van der Waals surface area contributed by atoms with Gasteiger partial charge in [-0.2, -0.15) is 0 Å². The smallest absolute Gasteiger partial charge is 0.255 e. The molecule has 1 aliphatic heterocycles. The molecule has 5 heteroatoms. The van der Waals surface area contributed by atoms with Crippen molar-refractivity contribution in [2.24, 2.45) is 0 Å². The third kappa shape index (κ3) is 2.95. The van der Waals surface area contributed by atoms with Crippen LogP contribution in [0.25, 0.3) is 0 Å². The summed E-state index contributed by atoms with van der Waals surface area (Å²) in [7, 11) is 1.58. The SMILES string of the molecule is COc1cccc(C(=O)N2CCSC2c2ccc(F)cc2)c1. The Bertz CT molecular complexity index is 675. The Morgan fingerprint density at radius 1 is 1.27 bits per heavy atom. The van der Waals surface area contributed by atoms with Crippen molar-refractivity contribution in [3.05, 3.63) is 65.5 Å². The van der Waals surface area contributed by atoms with Crippen LogP contribution in [0.3, 0.4) is 0 Å². The molecular formula is C17H16FNO2S. The Balaban J connectivity index is 1.85. The fourth-order valence-corrected chi connectivity index (χ4v) is 3.76. The lowest BCUT2D eigenvalue weighted by atomic mass is 10.1.